The molecule has 1 aromatic carbocycles. The van der Waals surface area contributed by atoms with Crippen molar-refractivity contribution in [1.29, 1.82) is 0 Å². The number of nitrogens with one attached hydrogen (secondary N) is 1. The lowest BCUT2D eigenvalue weighted by atomic mass is 10.0. The molecule has 0 spiro atoms. The predicted octanol–water partition coefficient (Wildman–Crippen LogP) is 1.78. The van der Waals surface area contributed by atoms with Gasteiger partial charge in [-0.15, -0.1) is 0 Å². The van der Waals surface area contributed by atoms with E-state index in [1.54, 1.807) is 7.05 Å². The fraction of sp³-hybridized carbons (Fsp3) is 0.400. The van der Waals surface area contributed by atoms with E-state index >= 15 is 0 Å². The summed E-state index contributed by atoms with van der Waals surface area (Å²) in [4.78, 5) is 23.5. The Kier molecular flexibility index (Phi) is 4.17. The van der Waals surface area contributed by atoms with E-state index in [0.29, 0.717) is 18.6 Å². The molecule has 20 heavy (non-hydrogen) atoms. The zero-order valence-corrected chi connectivity index (χ0v) is 12.0. The minimum atomic E-state index is -0.208. The first-order chi connectivity index (χ1) is 9.49. The van der Waals surface area contributed by atoms with Gasteiger partial charge < -0.3 is 5.32 Å². The number of carbonyl (C=O) groups is 2. The lowest BCUT2D eigenvalue weighted by Crippen LogP contribution is -2.38. The van der Waals surface area contributed by atoms with Gasteiger partial charge in [0.05, 0.1) is 6.04 Å². The average molecular weight is 273 g/mol. The average Bonchev–Trinajstić information content (AvgIpc) is 2.42. The van der Waals surface area contributed by atoms with Gasteiger partial charge in [-0.25, -0.2) is 5.01 Å². The normalized spacial score (nSPS) is 16.6. The molecule has 1 aliphatic rings. The topological polar surface area (TPSA) is 61.8 Å². The van der Waals surface area contributed by atoms with Crippen molar-refractivity contribution in [3.8, 4) is 0 Å². The van der Waals surface area contributed by atoms with Crippen molar-refractivity contribution in [2.24, 2.45) is 5.10 Å². The molecule has 1 aliphatic heterocycles. The number of hydrogen-bond acceptors (Lipinski definition) is 3. The molecule has 0 aromatic heterocycles. The third-order valence-corrected chi connectivity index (χ3v) is 3.47. The van der Waals surface area contributed by atoms with E-state index in [4.69, 9.17) is 0 Å². The highest BCUT2D eigenvalue weighted by Gasteiger charge is 2.23. The molecule has 2 amide bonds. The Bertz CT molecular complexity index is 566. The van der Waals surface area contributed by atoms with Crippen molar-refractivity contribution < 1.29 is 9.59 Å². The quantitative estimate of drug-likeness (QED) is 0.912. The summed E-state index contributed by atoms with van der Waals surface area (Å²) in [6.07, 6.45) is 0.733. The number of carbonyl (C=O) groups excluding carboxylic acids is 2. The van der Waals surface area contributed by atoms with E-state index < -0.39 is 0 Å². The highest BCUT2D eigenvalue weighted by atomic mass is 16.2. The van der Waals surface area contributed by atoms with Gasteiger partial charge in [0.25, 0.3) is 5.91 Å². The van der Waals surface area contributed by atoms with Gasteiger partial charge >= 0.3 is 0 Å². The van der Waals surface area contributed by atoms with E-state index in [-0.39, 0.29) is 17.9 Å². The third kappa shape index (κ3) is 3.04. The van der Waals surface area contributed by atoms with Crippen LogP contribution in [-0.2, 0) is 9.59 Å². The Morgan fingerprint density at radius 3 is 2.70 bits per heavy atom. The van der Waals surface area contributed by atoms with Gasteiger partial charge in [-0.2, -0.15) is 5.10 Å². The molecule has 1 atom stereocenters. The first kappa shape index (κ1) is 14.2. The van der Waals surface area contributed by atoms with E-state index in [9.17, 15) is 9.59 Å². The maximum absolute atomic E-state index is 12.2. The molecule has 2 rings (SSSR count). The van der Waals surface area contributed by atoms with Crippen LogP contribution in [0.2, 0.25) is 0 Å². The Morgan fingerprint density at radius 2 is 2.05 bits per heavy atom. The summed E-state index contributed by atoms with van der Waals surface area (Å²) in [6, 6.07) is 7.85. The molecule has 0 radical (unpaired) electrons. The molecule has 0 bridgehead atoms. The monoisotopic (exact) mass is 273 g/mol. The first-order valence-electron chi connectivity index (χ1n) is 6.69. The summed E-state index contributed by atoms with van der Waals surface area (Å²) < 4.78 is 0. The molecule has 5 heteroatoms. The second kappa shape index (κ2) is 5.86. The van der Waals surface area contributed by atoms with Crippen LogP contribution in [0.3, 0.4) is 0 Å². The van der Waals surface area contributed by atoms with Crippen LogP contribution in [0.1, 0.15) is 36.9 Å². The summed E-state index contributed by atoms with van der Waals surface area (Å²) in [5, 5.41) is 8.19. The fourth-order valence-electron chi connectivity index (χ4n) is 2.26. The summed E-state index contributed by atoms with van der Waals surface area (Å²) in [7, 11) is 1.57. The number of benzene rings is 1. The molecule has 1 heterocycles. The van der Waals surface area contributed by atoms with Crippen LogP contribution in [0.25, 0.3) is 0 Å². The third-order valence-electron chi connectivity index (χ3n) is 3.47. The van der Waals surface area contributed by atoms with Crippen molar-refractivity contribution in [2.75, 3.05) is 7.05 Å². The minimum absolute atomic E-state index is 0.0616. The number of amides is 2. The number of aryl methyl sites for hydroxylation is 1. The van der Waals surface area contributed by atoms with E-state index in [1.807, 2.05) is 38.1 Å². The molecule has 1 aromatic rings. The molecule has 0 aliphatic carbocycles. The van der Waals surface area contributed by atoms with Gasteiger partial charge in [0.1, 0.15) is 5.71 Å². The Hall–Kier alpha value is -2.17. The van der Waals surface area contributed by atoms with Crippen molar-refractivity contribution in [3.63, 3.8) is 0 Å². The van der Waals surface area contributed by atoms with Gasteiger partial charge in [-0.1, -0.05) is 24.3 Å². The smallest absolute Gasteiger partial charge is 0.267 e. The molecule has 0 saturated carbocycles. The van der Waals surface area contributed by atoms with Crippen LogP contribution in [-0.4, -0.2) is 29.6 Å². The number of rotatable bonds is 3. The Morgan fingerprint density at radius 1 is 1.35 bits per heavy atom. The van der Waals surface area contributed by atoms with Crippen LogP contribution in [0.15, 0.2) is 29.4 Å². The summed E-state index contributed by atoms with van der Waals surface area (Å²) in [5.74, 6) is -0.270. The second-order valence-electron chi connectivity index (χ2n) is 5.02. The second-order valence-corrected chi connectivity index (χ2v) is 5.02. The van der Waals surface area contributed by atoms with Crippen molar-refractivity contribution in [2.45, 2.75) is 32.7 Å². The number of nitrogens with zero attached hydrogens (tertiary/aromatic N) is 2. The molecular weight excluding hydrogens is 254 g/mol. The highest BCUT2D eigenvalue weighted by molar-refractivity contribution is 6.39. The predicted molar refractivity (Wildman–Crippen MR) is 77.2 cm³/mol. The lowest BCUT2D eigenvalue weighted by molar-refractivity contribution is -0.130. The lowest BCUT2D eigenvalue weighted by Gasteiger charge is -2.21. The Labute approximate surface area is 118 Å². The highest BCUT2D eigenvalue weighted by Crippen LogP contribution is 2.17. The zero-order chi connectivity index (χ0) is 14.7. The maximum Gasteiger partial charge on any atom is 0.267 e. The summed E-state index contributed by atoms with van der Waals surface area (Å²) in [5.41, 5.74) is 2.63. The molecular formula is C15H19N3O2. The zero-order valence-electron chi connectivity index (χ0n) is 12.0. The van der Waals surface area contributed by atoms with Crippen LogP contribution in [0, 0.1) is 6.92 Å². The largest absolute Gasteiger partial charge is 0.344 e. The van der Waals surface area contributed by atoms with Gasteiger partial charge in [-0.05, 0) is 25.0 Å². The van der Waals surface area contributed by atoms with E-state index in [1.165, 1.54) is 5.01 Å². The Balaban J connectivity index is 2.07. The maximum atomic E-state index is 12.2. The van der Waals surface area contributed by atoms with Crippen LogP contribution in [0.4, 0.5) is 0 Å². The molecule has 5 nitrogen and oxygen atoms in total. The standard InChI is InChI=1S/C15H19N3O2/c1-10-6-4-5-7-12(10)11(2)16-15(20)13-8-9-14(19)18(3)17-13/h4-7,11H,8-9H2,1-3H3,(H,16,20)/t11-/m1/s1. The van der Waals surface area contributed by atoms with Crippen LogP contribution >= 0.6 is 0 Å². The van der Waals surface area contributed by atoms with Crippen molar-refractivity contribution >= 4 is 17.5 Å². The van der Waals surface area contributed by atoms with E-state index in [2.05, 4.69) is 10.4 Å². The molecule has 106 valence electrons. The molecule has 0 unspecified atom stereocenters. The molecule has 1 N–H and O–H groups in total. The minimum Gasteiger partial charge on any atom is -0.344 e. The summed E-state index contributed by atoms with van der Waals surface area (Å²) >= 11 is 0. The summed E-state index contributed by atoms with van der Waals surface area (Å²) in [6.45, 7) is 3.96. The van der Waals surface area contributed by atoms with Crippen molar-refractivity contribution in [3.05, 3.63) is 35.4 Å². The van der Waals surface area contributed by atoms with Gasteiger partial charge in [0.2, 0.25) is 5.91 Å². The first-order valence-corrected chi connectivity index (χ1v) is 6.69. The number of hydrazone groups is 1. The van der Waals surface area contributed by atoms with Gasteiger partial charge in [0, 0.05) is 19.9 Å². The van der Waals surface area contributed by atoms with Crippen LogP contribution in [0.5, 0.6) is 0 Å². The SMILES string of the molecule is Cc1ccccc1[C@@H](C)NC(=O)C1=NN(C)C(=O)CC1. The molecule has 0 fully saturated rings. The number of hydrogen-bond donors (Lipinski definition) is 1. The van der Waals surface area contributed by atoms with Crippen molar-refractivity contribution in [1.82, 2.24) is 10.3 Å². The van der Waals surface area contributed by atoms with E-state index in [0.717, 1.165) is 11.1 Å². The van der Waals surface area contributed by atoms with Gasteiger partial charge in [0.15, 0.2) is 0 Å². The molecule has 0 saturated heterocycles. The van der Waals surface area contributed by atoms with Gasteiger partial charge in [-0.3, -0.25) is 9.59 Å². The van der Waals surface area contributed by atoms with Crippen LogP contribution < -0.4 is 5.32 Å². The fourth-order valence-corrected chi connectivity index (χ4v) is 2.26.